The fourth-order valence-corrected chi connectivity index (χ4v) is 5.81. The van der Waals surface area contributed by atoms with Gasteiger partial charge in [0.2, 0.25) is 5.91 Å². The van der Waals surface area contributed by atoms with Crippen LogP contribution in [-0.4, -0.2) is 22.9 Å². The predicted molar refractivity (Wildman–Crippen MR) is 114 cm³/mol. The summed E-state index contributed by atoms with van der Waals surface area (Å²) in [5.74, 6) is -2.74. The molecule has 29 heavy (non-hydrogen) atoms. The van der Waals surface area contributed by atoms with Gasteiger partial charge in [0.25, 0.3) is 5.91 Å². The average molecular weight is 419 g/mol. The van der Waals surface area contributed by atoms with Gasteiger partial charge < -0.3 is 16.2 Å². The smallest absolute Gasteiger partial charge is 0.307 e. The Morgan fingerprint density at radius 2 is 1.90 bits per heavy atom. The number of rotatable bonds is 6. The van der Waals surface area contributed by atoms with Crippen LogP contribution in [0.1, 0.15) is 67.3 Å². The highest BCUT2D eigenvalue weighted by Crippen LogP contribution is 2.45. The first-order chi connectivity index (χ1) is 13.7. The number of hydrogen-bond donors (Lipinski definition) is 3. The lowest BCUT2D eigenvalue weighted by Crippen LogP contribution is -2.35. The summed E-state index contributed by atoms with van der Waals surface area (Å²) in [4.78, 5) is 37.7. The third-order valence-corrected chi connectivity index (χ3v) is 8.02. The number of fused-ring (bicyclic) bond motifs is 1. The van der Waals surface area contributed by atoms with Gasteiger partial charge in [-0.15, -0.1) is 11.3 Å². The van der Waals surface area contributed by atoms with E-state index in [-0.39, 0.29) is 11.3 Å². The molecule has 3 atom stereocenters. The van der Waals surface area contributed by atoms with Crippen LogP contribution in [0.3, 0.4) is 0 Å². The van der Waals surface area contributed by atoms with Crippen molar-refractivity contribution in [2.75, 3.05) is 5.32 Å². The fourth-order valence-electron chi connectivity index (χ4n) is 4.47. The number of nitrogens with one attached hydrogen (secondary N) is 1. The minimum absolute atomic E-state index is 0.209. The second-order valence-corrected chi connectivity index (χ2v) is 9.94. The van der Waals surface area contributed by atoms with Crippen molar-refractivity contribution in [2.45, 2.75) is 59.3 Å². The number of carboxylic acid groups (broad SMARTS) is 1. The molecule has 7 heteroatoms. The van der Waals surface area contributed by atoms with Gasteiger partial charge in [0.05, 0.1) is 17.4 Å². The third kappa shape index (κ3) is 4.25. The van der Waals surface area contributed by atoms with Gasteiger partial charge in [-0.05, 0) is 49.0 Å². The van der Waals surface area contributed by atoms with Crippen LogP contribution in [0, 0.1) is 23.2 Å². The molecule has 1 aromatic heterocycles. The van der Waals surface area contributed by atoms with E-state index >= 15 is 0 Å². The first kappa shape index (κ1) is 21.6. The van der Waals surface area contributed by atoms with Crippen LogP contribution in [0.15, 0.2) is 12.2 Å². The Labute approximate surface area is 175 Å². The number of hydrogen-bond acceptors (Lipinski definition) is 4. The van der Waals surface area contributed by atoms with Crippen molar-refractivity contribution in [1.82, 2.24) is 0 Å². The molecule has 1 heterocycles. The van der Waals surface area contributed by atoms with E-state index in [2.05, 4.69) is 26.1 Å². The molecule has 2 amide bonds. The number of allylic oxidation sites excluding steroid dienone is 2. The van der Waals surface area contributed by atoms with Crippen molar-refractivity contribution < 1.29 is 19.5 Å². The van der Waals surface area contributed by atoms with Gasteiger partial charge >= 0.3 is 5.97 Å². The molecule has 1 aromatic rings. The molecule has 2 aliphatic carbocycles. The van der Waals surface area contributed by atoms with E-state index in [1.807, 2.05) is 6.08 Å². The molecule has 0 aromatic carbocycles. The topological polar surface area (TPSA) is 109 Å². The van der Waals surface area contributed by atoms with E-state index < -0.39 is 23.7 Å². The molecule has 6 nitrogen and oxygen atoms in total. The van der Waals surface area contributed by atoms with E-state index in [9.17, 15) is 19.5 Å². The first-order valence-electron chi connectivity index (χ1n) is 10.3. The van der Waals surface area contributed by atoms with Crippen molar-refractivity contribution >= 4 is 34.1 Å². The van der Waals surface area contributed by atoms with E-state index in [4.69, 9.17) is 5.73 Å². The summed E-state index contributed by atoms with van der Waals surface area (Å²) in [6.07, 6.45) is 8.09. The number of carbonyl (C=O) groups excluding carboxylic acids is 2. The SMILES string of the molecule is CCC(C)(C)[C@@H]1CCc2c(sc(NC(=O)[C@H]3CC=CC[C@H]3C(=O)O)c2C(N)=O)C1. The van der Waals surface area contributed by atoms with Crippen molar-refractivity contribution in [3.05, 3.63) is 28.2 Å². The molecule has 4 N–H and O–H groups in total. The zero-order chi connectivity index (χ0) is 21.3. The Hall–Kier alpha value is -2.15. The zero-order valence-electron chi connectivity index (χ0n) is 17.3. The summed E-state index contributed by atoms with van der Waals surface area (Å²) >= 11 is 1.42. The molecule has 2 aliphatic rings. The minimum Gasteiger partial charge on any atom is -0.481 e. The summed E-state index contributed by atoms with van der Waals surface area (Å²) in [5.41, 5.74) is 7.24. The summed E-state index contributed by atoms with van der Waals surface area (Å²) in [7, 11) is 0. The lowest BCUT2D eigenvalue weighted by molar-refractivity contribution is -0.146. The largest absolute Gasteiger partial charge is 0.481 e. The van der Waals surface area contributed by atoms with Gasteiger partial charge in [0.15, 0.2) is 0 Å². The van der Waals surface area contributed by atoms with Crippen molar-refractivity contribution in [3.8, 4) is 0 Å². The molecule has 0 radical (unpaired) electrons. The van der Waals surface area contributed by atoms with Gasteiger partial charge in [-0.3, -0.25) is 14.4 Å². The zero-order valence-corrected chi connectivity index (χ0v) is 18.1. The molecular weight excluding hydrogens is 388 g/mol. The van der Waals surface area contributed by atoms with E-state index in [1.54, 1.807) is 6.08 Å². The van der Waals surface area contributed by atoms with Gasteiger partial charge in [-0.1, -0.05) is 39.3 Å². The highest BCUT2D eigenvalue weighted by atomic mass is 32.1. The quantitative estimate of drug-likeness (QED) is 0.607. The Morgan fingerprint density at radius 3 is 2.48 bits per heavy atom. The van der Waals surface area contributed by atoms with Crippen LogP contribution in [0.4, 0.5) is 5.00 Å². The number of primary amides is 1. The van der Waals surface area contributed by atoms with E-state index in [0.717, 1.165) is 36.1 Å². The number of thiophene rings is 1. The average Bonchev–Trinajstić information content (AvgIpc) is 3.04. The van der Waals surface area contributed by atoms with Crippen molar-refractivity contribution in [1.29, 1.82) is 0 Å². The Morgan fingerprint density at radius 1 is 1.24 bits per heavy atom. The predicted octanol–water partition coefficient (Wildman–Crippen LogP) is 3.99. The normalized spacial score (nSPS) is 24.0. The van der Waals surface area contributed by atoms with Crippen LogP contribution in [0.5, 0.6) is 0 Å². The number of aliphatic carboxylic acids is 1. The summed E-state index contributed by atoms with van der Waals surface area (Å²) in [5, 5.41) is 12.8. The number of carbonyl (C=O) groups is 3. The molecule has 0 fully saturated rings. The molecule has 158 valence electrons. The molecule has 0 saturated heterocycles. The monoisotopic (exact) mass is 418 g/mol. The molecule has 0 spiro atoms. The lowest BCUT2D eigenvalue weighted by atomic mass is 9.69. The van der Waals surface area contributed by atoms with Crippen LogP contribution in [0.2, 0.25) is 0 Å². The van der Waals surface area contributed by atoms with Crippen LogP contribution in [0.25, 0.3) is 0 Å². The molecule has 0 bridgehead atoms. The molecule has 3 rings (SSSR count). The summed E-state index contributed by atoms with van der Waals surface area (Å²) < 4.78 is 0. The maximum Gasteiger partial charge on any atom is 0.307 e. The summed E-state index contributed by atoms with van der Waals surface area (Å²) in [6.45, 7) is 6.75. The number of amides is 2. The molecule has 0 unspecified atom stereocenters. The van der Waals surface area contributed by atoms with Gasteiger partial charge in [0, 0.05) is 4.88 Å². The molecular formula is C22H30N2O4S. The van der Waals surface area contributed by atoms with Crippen LogP contribution in [-0.2, 0) is 22.4 Å². The van der Waals surface area contributed by atoms with Crippen molar-refractivity contribution in [3.63, 3.8) is 0 Å². The Balaban J connectivity index is 1.87. The second kappa shape index (κ2) is 8.30. The molecule has 0 saturated carbocycles. The lowest BCUT2D eigenvalue weighted by Gasteiger charge is -2.36. The van der Waals surface area contributed by atoms with Gasteiger partial charge in [-0.2, -0.15) is 0 Å². The Kier molecular flexibility index (Phi) is 6.17. The molecule has 0 aliphatic heterocycles. The second-order valence-electron chi connectivity index (χ2n) is 8.84. The maximum absolute atomic E-state index is 12.9. The van der Waals surface area contributed by atoms with E-state index in [0.29, 0.717) is 29.3 Å². The number of nitrogens with two attached hydrogens (primary N) is 1. The van der Waals surface area contributed by atoms with E-state index in [1.165, 1.54) is 11.3 Å². The number of anilines is 1. The first-order valence-corrected chi connectivity index (χ1v) is 11.1. The Bertz CT molecular complexity index is 855. The van der Waals surface area contributed by atoms with Gasteiger partial charge in [0.1, 0.15) is 5.00 Å². The highest BCUT2D eigenvalue weighted by Gasteiger charge is 2.37. The number of carboxylic acids is 1. The third-order valence-electron chi connectivity index (χ3n) is 6.85. The summed E-state index contributed by atoms with van der Waals surface area (Å²) in [6, 6.07) is 0. The fraction of sp³-hybridized carbons (Fsp3) is 0.591. The van der Waals surface area contributed by atoms with Crippen LogP contribution >= 0.6 is 11.3 Å². The standard InChI is InChI=1S/C22H30N2O4S/c1-4-22(2,3)12-9-10-15-16(11-12)29-20(17(15)18(23)25)24-19(26)13-7-5-6-8-14(13)21(27)28/h5-6,12-14H,4,7-11H2,1-3H3,(H2,23,25)(H,24,26)(H,27,28)/t12-,13+,14-/m1/s1. The maximum atomic E-state index is 12.9. The highest BCUT2D eigenvalue weighted by molar-refractivity contribution is 7.17. The van der Waals surface area contributed by atoms with Crippen molar-refractivity contribution in [2.24, 2.45) is 28.9 Å². The van der Waals surface area contributed by atoms with Crippen LogP contribution < -0.4 is 11.1 Å². The minimum atomic E-state index is -0.972. The van der Waals surface area contributed by atoms with Gasteiger partial charge in [-0.25, -0.2) is 0 Å².